The Balaban J connectivity index is 1.77. The highest BCUT2D eigenvalue weighted by atomic mass is 32.2. The fourth-order valence-electron chi connectivity index (χ4n) is 2.32. The number of esters is 1. The van der Waals surface area contributed by atoms with Crippen LogP contribution in [0.4, 0.5) is 0 Å². The highest BCUT2D eigenvalue weighted by Crippen LogP contribution is 2.23. The van der Waals surface area contributed by atoms with Crippen molar-refractivity contribution in [2.24, 2.45) is 0 Å². The molecule has 2 rings (SSSR count). The normalized spacial score (nSPS) is 11.0. The summed E-state index contributed by atoms with van der Waals surface area (Å²) in [4.78, 5) is 22.8. The molecule has 2 N–H and O–H groups in total. The molecule has 2 aromatic rings. The number of rotatable bonds is 9. The quantitative estimate of drug-likeness (QED) is 0.477. The van der Waals surface area contributed by atoms with Gasteiger partial charge in [0.05, 0.1) is 17.3 Å². The number of carboxylic acids is 1. The van der Waals surface area contributed by atoms with E-state index in [0.29, 0.717) is 0 Å². The lowest BCUT2D eigenvalue weighted by atomic mass is 10.2. The Morgan fingerprint density at radius 3 is 2.54 bits per heavy atom. The number of hydrogen-bond acceptors (Lipinski definition) is 7. The first-order valence-corrected chi connectivity index (χ1v) is 9.98. The van der Waals surface area contributed by atoms with Crippen molar-refractivity contribution in [3.8, 4) is 11.5 Å². The molecular formula is C19H20O8S. The van der Waals surface area contributed by atoms with E-state index in [1.54, 1.807) is 25.1 Å². The Labute approximate surface area is 162 Å². The molecule has 0 saturated carbocycles. The summed E-state index contributed by atoms with van der Waals surface area (Å²) in [7, 11) is -3.45. The van der Waals surface area contributed by atoms with Crippen molar-refractivity contribution in [1.82, 2.24) is 0 Å². The van der Waals surface area contributed by atoms with E-state index in [4.69, 9.17) is 14.6 Å². The second-order valence-electron chi connectivity index (χ2n) is 5.98. The number of aromatic carboxylic acids is 1. The maximum Gasteiger partial charge on any atom is 0.344 e. The van der Waals surface area contributed by atoms with Crippen molar-refractivity contribution >= 4 is 21.8 Å². The van der Waals surface area contributed by atoms with E-state index < -0.39 is 34.1 Å². The highest BCUT2D eigenvalue weighted by molar-refractivity contribution is 7.91. The summed E-state index contributed by atoms with van der Waals surface area (Å²) in [6.07, 6.45) is 0.129. The molecule has 0 bridgehead atoms. The number of sulfone groups is 1. The first-order chi connectivity index (χ1) is 13.2. The van der Waals surface area contributed by atoms with Crippen molar-refractivity contribution in [3.63, 3.8) is 0 Å². The zero-order chi connectivity index (χ0) is 20.7. The number of aryl methyl sites for hydroxylation is 1. The number of carbonyl (C=O) groups excluding carboxylic acids is 1. The van der Waals surface area contributed by atoms with Gasteiger partial charge in [0.2, 0.25) is 0 Å². The third-order valence-corrected chi connectivity index (χ3v) is 5.52. The van der Waals surface area contributed by atoms with E-state index in [1.807, 2.05) is 0 Å². The average molecular weight is 408 g/mol. The minimum absolute atomic E-state index is 0.0779. The van der Waals surface area contributed by atoms with Crippen molar-refractivity contribution in [3.05, 3.63) is 53.6 Å². The van der Waals surface area contributed by atoms with Gasteiger partial charge in [-0.2, -0.15) is 0 Å². The number of phenols is 1. The second kappa shape index (κ2) is 9.23. The molecule has 0 fully saturated rings. The van der Waals surface area contributed by atoms with Crippen LogP contribution in [0.2, 0.25) is 0 Å². The third kappa shape index (κ3) is 5.98. The number of carboxylic acid groups (broad SMARTS) is 1. The van der Waals surface area contributed by atoms with Crippen molar-refractivity contribution in [1.29, 1.82) is 0 Å². The minimum atomic E-state index is -3.45. The smallest absolute Gasteiger partial charge is 0.344 e. The molecule has 0 aliphatic carbocycles. The lowest BCUT2D eigenvalue weighted by Crippen LogP contribution is -2.17. The van der Waals surface area contributed by atoms with E-state index in [9.17, 15) is 23.1 Å². The molecule has 8 nitrogen and oxygen atoms in total. The predicted octanol–water partition coefficient (Wildman–Crippen LogP) is 2.18. The van der Waals surface area contributed by atoms with Gasteiger partial charge in [0.1, 0.15) is 17.1 Å². The maximum atomic E-state index is 12.2. The summed E-state index contributed by atoms with van der Waals surface area (Å²) in [6.45, 7) is 1.23. The Morgan fingerprint density at radius 1 is 1.11 bits per heavy atom. The van der Waals surface area contributed by atoms with E-state index >= 15 is 0 Å². The van der Waals surface area contributed by atoms with E-state index in [2.05, 4.69) is 0 Å². The molecule has 0 aromatic heterocycles. The fraction of sp³-hybridized carbons (Fsp3) is 0.263. The van der Waals surface area contributed by atoms with Crippen LogP contribution in [-0.4, -0.2) is 49.5 Å². The van der Waals surface area contributed by atoms with Crippen LogP contribution in [0.15, 0.2) is 47.4 Å². The molecular weight excluding hydrogens is 388 g/mol. The van der Waals surface area contributed by atoms with Crippen LogP contribution in [0.3, 0.4) is 0 Å². The van der Waals surface area contributed by atoms with Crippen molar-refractivity contribution in [2.45, 2.75) is 18.2 Å². The topological polar surface area (TPSA) is 127 Å². The van der Waals surface area contributed by atoms with Crippen LogP contribution >= 0.6 is 0 Å². The number of aromatic hydroxyl groups is 1. The number of ether oxygens (including phenoxy) is 2. The molecule has 0 saturated heterocycles. The van der Waals surface area contributed by atoms with Gasteiger partial charge in [-0.25, -0.2) is 18.0 Å². The zero-order valence-electron chi connectivity index (χ0n) is 15.1. The number of hydrogen-bond donors (Lipinski definition) is 2. The van der Waals surface area contributed by atoms with Gasteiger partial charge in [0.25, 0.3) is 0 Å². The Bertz CT molecular complexity index is 966. The van der Waals surface area contributed by atoms with Gasteiger partial charge >= 0.3 is 11.9 Å². The summed E-state index contributed by atoms with van der Waals surface area (Å²) in [5, 5.41) is 18.3. The van der Waals surface area contributed by atoms with Crippen LogP contribution in [-0.2, 0) is 19.4 Å². The van der Waals surface area contributed by atoms with Gasteiger partial charge in [0, 0.05) is 0 Å². The first kappa shape index (κ1) is 21.2. The van der Waals surface area contributed by atoms with Gasteiger partial charge in [-0.15, -0.1) is 0 Å². The Morgan fingerprint density at radius 2 is 1.86 bits per heavy atom. The van der Waals surface area contributed by atoms with Gasteiger partial charge in [-0.05, 0) is 49.2 Å². The SMILES string of the molecule is Cc1cccc(S(=O)(=O)CCCOC(=O)COc2ccc(O)c(C(=O)O)c2)c1. The molecule has 0 spiro atoms. The third-order valence-electron chi connectivity index (χ3n) is 3.72. The van der Waals surface area contributed by atoms with Crippen LogP contribution in [0.1, 0.15) is 22.3 Å². The number of benzene rings is 2. The average Bonchev–Trinajstić information content (AvgIpc) is 2.64. The van der Waals surface area contributed by atoms with Crippen molar-refractivity contribution in [2.75, 3.05) is 19.0 Å². The number of carbonyl (C=O) groups is 2. The van der Waals surface area contributed by atoms with Crippen molar-refractivity contribution < 1.29 is 37.7 Å². The summed E-state index contributed by atoms with van der Waals surface area (Å²) >= 11 is 0. The maximum absolute atomic E-state index is 12.2. The van der Waals surface area contributed by atoms with Gasteiger partial charge in [-0.3, -0.25) is 0 Å². The monoisotopic (exact) mass is 408 g/mol. The Hall–Kier alpha value is -3.07. The Kier molecular flexibility index (Phi) is 7.00. The molecule has 0 amide bonds. The second-order valence-corrected chi connectivity index (χ2v) is 8.09. The van der Waals surface area contributed by atoms with Crippen LogP contribution in [0.5, 0.6) is 11.5 Å². The lowest BCUT2D eigenvalue weighted by Gasteiger charge is -2.09. The fourth-order valence-corrected chi connectivity index (χ4v) is 3.71. The molecule has 0 aliphatic heterocycles. The molecule has 28 heavy (non-hydrogen) atoms. The molecule has 0 radical (unpaired) electrons. The predicted molar refractivity (Wildman–Crippen MR) is 99.4 cm³/mol. The van der Waals surface area contributed by atoms with E-state index in [-0.39, 0.29) is 35.0 Å². The zero-order valence-corrected chi connectivity index (χ0v) is 15.9. The molecule has 0 unspecified atom stereocenters. The summed E-state index contributed by atoms with van der Waals surface area (Å²) in [5.74, 6) is -2.56. The first-order valence-electron chi connectivity index (χ1n) is 8.33. The van der Waals surface area contributed by atoms with Crippen LogP contribution in [0.25, 0.3) is 0 Å². The minimum Gasteiger partial charge on any atom is -0.507 e. The standard InChI is InChI=1S/C19H20O8S/c1-13-4-2-5-15(10-13)28(24,25)9-3-8-26-18(21)12-27-14-6-7-17(20)16(11-14)19(22)23/h2,4-7,10-11,20H,3,8-9,12H2,1H3,(H,22,23). The largest absolute Gasteiger partial charge is 0.507 e. The van der Waals surface area contributed by atoms with Gasteiger partial charge < -0.3 is 19.7 Å². The highest BCUT2D eigenvalue weighted by Gasteiger charge is 2.15. The molecule has 2 aromatic carbocycles. The van der Waals surface area contributed by atoms with Crippen LogP contribution in [0, 0.1) is 6.92 Å². The summed E-state index contributed by atoms with van der Waals surface area (Å²) in [5.41, 5.74) is 0.483. The van der Waals surface area contributed by atoms with E-state index in [1.165, 1.54) is 12.1 Å². The van der Waals surface area contributed by atoms with E-state index in [0.717, 1.165) is 17.7 Å². The molecule has 9 heteroatoms. The lowest BCUT2D eigenvalue weighted by molar-refractivity contribution is -0.146. The van der Waals surface area contributed by atoms with Gasteiger partial charge in [-0.1, -0.05) is 12.1 Å². The van der Waals surface area contributed by atoms with Gasteiger partial charge in [0.15, 0.2) is 16.4 Å². The summed E-state index contributed by atoms with van der Waals surface area (Å²) < 4.78 is 34.5. The molecule has 0 heterocycles. The molecule has 0 aliphatic rings. The molecule has 150 valence electrons. The summed E-state index contributed by atoms with van der Waals surface area (Å²) in [6, 6.07) is 10.1. The van der Waals surface area contributed by atoms with Crippen LogP contribution < -0.4 is 4.74 Å². The molecule has 0 atom stereocenters.